The third-order valence-corrected chi connectivity index (χ3v) is 7.47. The Morgan fingerprint density at radius 1 is 1.00 bits per heavy atom. The van der Waals surface area contributed by atoms with Gasteiger partial charge in [-0.15, -0.1) is 21.5 Å². The molecule has 2 N–H and O–H groups in total. The Balaban J connectivity index is 1.33. The van der Waals surface area contributed by atoms with Crippen LogP contribution in [0.2, 0.25) is 0 Å². The predicted octanol–water partition coefficient (Wildman–Crippen LogP) is 4.18. The fourth-order valence-corrected chi connectivity index (χ4v) is 4.97. The van der Waals surface area contributed by atoms with Crippen LogP contribution in [0, 0.1) is 6.92 Å². The first-order valence-corrected chi connectivity index (χ1v) is 12.5. The number of hydrogen-bond donors (Lipinski definition) is 2. The fraction of sp³-hybridized carbons (Fsp3) is 0.208. The van der Waals surface area contributed by atoms with Crippen molar-refractivity contribution < 1.29 is 9.59 Å². The molecule has 0 fully saturated rings. The highest BCUT2D eigenvalue weighted by Crippen LogP contribution is 2.28. The van der Waals surface area contributed by atoms with Crippen LogP contribution in [0.4, 0.5) is 0 Å². The lowest BCUT2D eigenvalue weighted by molar-refractivity contribution is 0.0848. The molecule has 0 saturated carbocycles. The van der Waals surface area contributed by atoms with E-state index in [1.54, 1.807) is 37.1 Å². The number of carbonyl (C=O) groups excluding carboxylic acids is 2. The fourth-order valence-electron chi connectivity index (χ4n) is 3.16. The highest BCUT2D eigenvalue weighted by molar-refractivity contribution is 7.98. The second-order valence-corrected chi connectivity index (χ2v) is 9.54. The molecule has 34 heavy (non-hydrogen) atoms. The van der Waals surface area contributed by atoms with Crippen LogP contribution in [0.3, 0.4) is 0 Å². The number of hydrazine groups is 1. The number of aromatic nitrogens is 4. The van der Waals surface area contributed by atoms with Crippen molar-refractivity contribution in [1.82, 2.24) is 30.6 Å². The van der Waals surface area contributed by atoms with E-state index in [-0.39, 0.29) is 0 Å². The number of thiazole rings is 1. The van der Waals surface area contributed by atoms with Crippen molar-refractivity contribution >= 4 is 34.9 Å². The zero-order valence-corrected chi connectivity index (χ0v) is 20.7. The Labute approximate surface area is 205 Å². The first-order chi connectivity index (χ1) is 16.4. The summed E-state index contributed by atoms with van der Waals surface area (Å²) in [4.78, 5) is 30.1. The molecule has 2 aromatic carbocycles. The molecule has 8 nitrogen and oxygen atoms in total. The molecule has 174 valence electrons. The maximum absolute atomic E-state index is 12.7. The van der Waals surface area contributed by atoms with E-state index < -0.39 is 11.8 Å². The lowest BCUT2D eigenvalue weighted by Gasteiger charge is -2.07. The minimum Gasteiger partial charge on any atom is -0.312 e. The van der Waals surface area contributed by atoms with Gasteiger partial charge >= 0.3 is 0 Å². The van der Waals surface area contributed by atoms with Crippen LogP contribution >= 0.6 is 23.1 Å². The predicted molar refractivity (Wildman–Crippen MR) is 134 cm³/mol. The van der Waals surface area contributed by atoms with Crippen molar-refractivity contribution in [3.8, 4) is 10.6 Å². The summed E-state index contributed by atoms with van der Waals surface area (Å²) < 4.78 is 1.85. The molecule has 0 unspecified atom stereocenters. The maximum Gasteiger partial charge on any atom is 0.281 e. The smallest absolute Gasteiger partial charge is 0.281 e. The minimum absolute atomic E-state index is 0.390. The first-order valence-electron chi connectivity index (χ1n) is 10.7. The van der Waals surface area contributed by atoms with E-state index in [0.29, 0.717) is 21.9 Å². The standard InChI is InChI=1S/C24H24N6O2S2/c1-4-16-5-11-19(12-6-16)23-26-15(2)20(34-23)22(32)28-27-21(31)18-9-7-17(8-10-18)13-33-24-29-25-14-30(24)3/h5-12,14H,4,13H2,1-3H3,(H,27,31)(H,28,32). The second-order valence-electron chi connectivity index (χ2n) is 7.60. The monoisotopic (exact) mass is 492 g/mol. The molecule has 4 rings (SSSR count). The first kappa shape index (κ1) is 23.7. The van der Waals surface area contributed by atoms with Crippen LogP contribution in [0.25, 0.3) is 10.6 Å². The van der Waals surface area contributed by atoms with Gasteiger partial charge < -0.3 is 4.57 Å². The summed E-state index contributed by atoms with van der Waals surface area (Å²) in [5.74, 6) is -0.0749. The van der Waals surface area contributed by atoms with Gasteiger partial charge in [-0.25, -0.2) is 4.98 Å². The molecule has 2 aromatic heterocycles. The minimum atomic E-state index is -0.392. The third-order valence-electron chi connectivity index (χ3n) is 5.16. The third kappa shape index (κ3) is 5.52. The van der Waals surface area contributed by atoms with Crippen LogP contribution in [0.5, 0.6) is 0 Å². The summed E-state index contributed by atoms with van der Waals surface area (Å²) in [6, 6.07) is 15.4. The van der Waals surface area contributed by atoms with E-state index >= 15 is 0 Å². The normalized spacial score (nSPS) is 10.8. The molecular weight excluding hydrogens is 468 g/mol. The molecule has 2 heterocycles. The molecule has 0 atom stereocenters. The van der Waals surface area contributed by atoms with Gasteiger partial charge in [0.1, 0.15) is 16.2 Å². The Morgan fingerprint density at radius 3 is 2.32 bits per heavy atom. The Hall–Kier alpha value is -3.50. The lowest BCUT2D eigenvalue weighted by Crippen LogP contribution is -2.41. The van der Waals surface area contributed by atoms with Gasteiger partial charge in [0.25, 0.3) is 11.8 Å². The summed E-state index contributed by atoms with van der Waals surface area (Å²) in [6.07, 6.45) is 2.62. The second kappa shape index (κ2) is 10.6. The number of carbonyl (C=O) groups is 2. The summed E-state index contributed by atoms with van der Waals surface area (Å²) in [5, 5.41) is 9.49. The summed E-state index contributed by atoms with van der Waals surface area (Å²) >= 11 is 2.86. The number of thioether (sulfide) groups is 1. The van der Waals surface area contributed by atoms with Crippen LogP contribution in [-0.2, 0) is 19.2 Å². The van der Waals surface area contributed by atoms with Crippen molar-refractivity contribution in [2.24, 2.45) is 7.05 Å². The summed E-state index contributed by atoms with van der Waals surface area (Å²) in [7, 11) is 1.89. The van der Waals surface area contributed by atoms with E-state index in [1.807, 2.05) is 35.9 Å². The summed E-state index contributed by atoms with van der Waals surface area (Å²) in [5.41, 5.74) is 9.31. The van der Waals surface area contributed by atoms with Gasteiger partial charge in [-0.05, 0) is 36.6 Å². The Kier molecular flexibility index (Phi) is 7.39. The van der Waals surface area contributed by atoms with Crippen molar-refractivity contribution in [1.29, 1.82) is 0 Å². The quantitative estimate of drug-likeness (QED) is 0.297. The number of nitrogens with zero attached hydrogens (tertiary/aromatic N) is 4. The van der Waals surface area contributed by atoms with Gasteiger partial charge in [0, 0.05) is 23.9 Å². The molecule has 0 spiro atoms. The van der Waals surface area contributed by atoms with E-state index in [9.17, 15) is 9.59 Å². The van der Waals surface area contributed by atoms with E-state index in [1.165, 1.54) is 16.9 Å². The number of benzene rings is 2. The lowest BCUT2D eigenvalue weighted by atomic mass is 10.1. The molecule has 0 saturated heterocycles. The largest absolute Gasteiger partial charge is 0.312 e. The van der Waals surface area contributed by atoms with Crippen LogP contribution in [0.1, 0.15) is 43.8 Å². The van der Waals surface area contributed by atoms with Gasteiger partial charge in [-0.2, -0.15) is 0 Å². The van der Waals surface area contributed by atoms with Crippen molar-refractivity contribution in [3.05, 3.63) is 82.1 Å². The number of amides is 2. The van der Waals surface area contributed by atoms with Crippen LogP contribution in [0.15, 0.2) is 60.0 Å². The topological polar surface area (TPSA) is 102 Å². The summed E-state index contributed by atoms with van der Waals surface area (Å²) in [6.45, 7) is 3.89. The molecule has 0 radical (unpaired) electrons. The molecule has 2 amide bonds. The van der Waals surface area contributed by atoms with Crippen molar-refractivity contribution in [2.75, 3.05) is 0 Å². The van der Waals surface area contributed by atoms with Crippen molar-refractivity contribution in [3.63, 3.8) is 0 Å². The SMILES string of the molecule is CCc1ccc(-c2nc(C)c(C(=O)NNC(=O)c3ccc(CSc4nncn4C)cc3)s2)cc1. The molecular formula is C24H24N6O2S2. The molecule has 10 heteroatoms. The van der Waals surface area contributed by atoms with Crippen LogP contribution in [-0.4, -0.2) is 31.6 Å². The van der Waals surface area contributed by atoms with Gasteiger partial charge in [0.15, 0.2) is 5.16 Å². The number of hydrogen-bond acceptors (Lipinski definition) is 7. The Morgan fingerprint density at radius 2 is 1.68 bits per heavy atom. The van der Waals surface area contributed by atoms with E-state index in [0.717, 1.165) is 27.7 Å². The zero-order valence-electron chi connectivity index (χ0n) is 19.0. The van der Waals surface area contributed by atoms with E-state index in [4.69, 9.17) is 0 Å². The maximum atomic E-state index is 12.7. The zero-order chi connectivity index (χ0) is 24.1. The van der Waals surface area contributed by atoms with E-state index in [2.05, 4.69) is 45.1 Å². The van der Waals surface area contributed by atoms with Crippen molar-refractivity contribution in [2.45, 2.75) is 31.2 Å². The van der Waals surface area contributed by atoms with Gasteiger partial charge in [0.05, 0.1) is 5.69 Å². The number of nitrogens with one attached hydrogen (secondary N) is 2. The molecule has 0 bridgehead atoms. The number of aryl methyl sites for hydroxylation is 3. The highest BCUT2D eigenvalue weighted by atomic mass is 32.2. The highest BCUT2D eigenvalue weighted by Gasteiger charge is 2.17. The van der Waals surface area contributed by atoms with Crippen LogP contribution < -0.4 is 10.9 Å². The molecule has 0 aliphatic carbocycles. The van der Waals surface area contributed by atoms with Gasteiger partial charge in [0.2, 0.25) is 0 Å². The molecule has 0 aliphatic rings. The average molecular weight is 493 g/mol. The van der Waals surface area contributed by atoms with Gasteiger partial charge in [-0.1, -0.05) is 55.1 Å². The van der Waals surface area contributed by atoms with Gasteiger partial charge in [-0.3, -0.25) is 20.4 Å². The molecule has 4 aromatic rings. The number of rotatable bonds is 7. The Bertz CT molecular complexity index is 1300. The average Bonchev–Trinajstić information content (AvgIpc) is 3.46. The molecule has 0 aliphatic heterocycles.